The van der Waals surface area contributed by atoms with E-state index < -0.39 is 6.10 Å². The highest BCUT2D eigenvalue weighted by atomic mass is 79.9. The molecule has 3 rings (SSSR count). The third-order valence-electron chi connectivity index (χ3n) is 3.41. The molecule has 0 saturated carbocycles. The zero-order valence-electron chi connectivity index (χ0n) is 10.4. The number of fused-ring (bicyclic) bond motifs is 1. The van der Waals surface area contributed by atoms with Crippen LogP contribution in [-0.2, 0) is 0 Å². The third-order valence-corrected chi connectivity index (χ3v) is 4.14. The first-order chi connectivity index (χ1) is 9.54. The van der Waals surface area contributed by atoms with Crippen LogP contribution in [0.4, 0.5) is 4.39 Å². The van der Waals surface area contributed by atoms with Gasteiger partial charge in [-0.2, -0.15) is 0 Å². The molecule has 2 aromatic carbocycles. The van der Waals surface area contributed by atoms with Gasteiger partial charge in [-0.3, -0.25) is 0 Å². The fourth-order valence-electron chi connectivity index (χ4n) is 2.43. The fourth-order valence-corrected chi connectivity index (χ4v) is 2.99. The van der Waals surface area contributed by atoms with Crippen molar-refractivity contribution in [3.63, 3.8) is 0 Å². The number of halogens is 3. The second-order valence-corrected chi connectivity index (χ2v) is 6.15. The summed E-state index contributed by atoms with van der Waals surface area (Å²) in [7, 11) is 0. The molecule has 0 aliphatic carbocycles. The molecule has 0 bridgehead atoms. The highest BCUT2D eigenvalue weighted by molar-refractivity contribution is 9.10. The SMILES string of the molecule is NC1CC(c2cc(Br)ccc2F)Oc2ccc(Cl)cc21. The molecule has 1 aliphatic heterocycles. The second-order valence-electron chi connectivity index (χ2n) is 4.80. The largest absolute Gasteiger partial charge is 0.485 e. The van der Waals surface area contributed by atoms with Crippen molar-refractivity contribution in [3.05, 3.63) is 62.8 Å². The van der Waals surface area contributed by atoms with Crippen molar-refractivity contribution in [1.82, 2.24) is 0 Å². The summed E-state index contributed by atoms with van der Waals surface area (Å²) in [6.07, 6.45) is 0.122. The quantitative estimate of drug-likeness (QED) is 0.799. The minimum Gasteiger partial charge on any atom is -0.485 e. The minimum absolute atomic E-state index is 0.221. The number of hydrogen-bond acceptors (Lipinski definition) is 2. The Morgan fingerprint density at radius 1 is 1.20 bits per heavy atom. The van der Waals surface area contributed by atoms with E-state index in [9.17, 15) is 4.39 Å². The molecule has 5 heteroatoms. The number of rotatable bonds is 1. The second kappa shape index (κ2) is 5.35. The smallest absolute Gasteiger partial charge is 0.130 e. The fraction of sp³-hybridized carbons (Fsp3) is 0.200. The number of nitrogens with two attached hydrogens (primary N) is 1. The lowest BCUT2D eigenvalue weighted by Crippen LogP contribution is -2.24. The van der Waals surface area contributed by atoms with Crippen LogP contribution in [0.15, 0.2) is 40.9 Å². The summed E-state index contributed by atoms with van der Waals surface area (Å²) in [6.45, 7) is 0. The highest BCUT2D eigenvalue weighted by Crippen LogP contribution is 2.41. The Bertz CT molecular complexity index is 664. The Hall–Kier alpha value is -1.10. The van der Waals surface area contributed by atoms with Crippen LogP contribution in [0, 0.1) is 5.82 Å². The van der Waals surface area contributed by atoms with Crippen LogP contribution >= 0.6 is 27.5 Å². The molecule has 0 spiro atoms. The first kappa shape index (κ1) is 13.9. The molecular weight excluding hydrogens is 345 g/mol. The van der Waals surface area contributed by atoms with Gasteiger partial charge in [-0.05, 0) is 36.4 Å². The van der Waals surface area contributed by atoms with Crippen molar-refractivity contribution in [3.8, 4) is 5.75 Å². The van der Waals surface area contributed by atoms with E-state index in [4.69, 9.17) is 22.1 Å². The monoisotopic (exact) mass is 355 g/mol. The Kier molecular flexibility index (Phi) is 3.71. The van der Waals surface area contributed by atoms with E-state index >= 15 is 0 Å². The molecule has 0 amide bonds. The number of hydrogen-bond donors (Lipinski definition) is 1. The lowest BCUT2D eigenvalue weighted by molar-refractivity contribution is 0.157. The zero-order valence-corrected chi connectivity index (χ0v) is 12.8. The molecule has 1 heterocycles. The molecular formula is C15H12BrClFNO. The minimum atomic E-state index is -0.392. The molecule has 2 atom stereocenters. The van der Waals surface area contributed by atoms with Crippen molar-refractivity contribution in [2.75, 3.05) is 0 Å². The average Bonchev–Trinajstić information content (AvgIpc) is 2.42. The standard InChI is InChI=1S/C15H12BrClFNO/c16-8-1-3-12(18)10(5-8)15-7-13(19)11-6-9(17)2-4-14(11)20-15/h1-6,13,15H,7,19H2. The number of benzene rings is 2. The maximum atomic E-state index is 14.0. The van der Waals surface area contributed by atoms with Crippen molar-refractivity contribution in [1.29, 1.82) is 0 Å². The first-order valence-electron chi connectivity index (χ1n) is 6.21. The van der Waals surface area contributed by atoms with Crippen molar-refractivity contribution in [2.24, 2.45) is 5.73 Å². The van der Waals surface area contributed by atoms with Gasteiger partial charge in [0.2, 0.25) is 0 Å². The maximum absolute atomic E-state index is 14.0. The summed E-state index contributed by atoms with van der Waals surface area (Å²) in [6, 6.07) is 9.91. The summed E-state index contributed by atoms with van der Waals surface area (Å²) < 4.78 is 20.7. The van der Waals surface area contributed by atoms with Crippen LogP contribution in [0.25, 0.3) is 0 Å². The Morgan fingerprint density at radius 3 is 2.80 bits per heavy atom. The van der Waals surface area contributed by atoms with Crippen molar-refractivity contribution < 1.29 is 9.13 Å². The van der Waals surface area contributed by atoms with Gasteiger partial charge in [-0.15, -0.1) is 0 Å². The molecule has 2 N–H and O–H groups in total. The van der Waals surface area contributed by atoms with Gasteiger partial charge in [-0.1, -0.05) is 27.5 Å². The van der Waals surface area contributed by atoms with E-state index in [1.165, 1.54) is 6.07 Å². The molecule has 1 aliphatic rings. The zero-order chi connectivity index (χ0) is 14.3. The topological polar surface area (TPSA) is 35.2 Å². The van der Waals surface area contributed by atoms with Gasteiger partial charge in [0.15, 0.2) is 0 Å². The average molecular weight is 357 g/mol. The summed E-state index contributed by atoms with van der Waals surface area (Å²) in [5.41, 5.74) is 7.53. The molecule has 2 unspecified atom stereocenters. The predicted molar refractivity (Wildman–Crippen MR) is 80.5 cm³/mol. The van der Waals surface area contributed by atoms with Crippen molar-refractivity contribution in [2.45, 2.75) is 18.6 Å². The lowest BCUT2D eigenvalue weighted by Gasteiger charge is -2.31. The molecule has 0 radical (unpaired) electrons. The molecule has 0 saturated heterocycles. The molecule has 2 aromatic rings. The van der Waals surface area contributed by atoms with Crippen LogP contribution in [0.3, 0.4) is 0 Å². The summed E-state index contributed by atoms with van der Waals surface area (Å²) in [4.78, 5) is 0. The summed E-state index contributed by atoms with van der Waals surface area (Å²) >= 11 is 9.31. The third kappa shape index (κ3) is 2.55. The van der Waals surface area contributed by atoms with E-state index in [1.807, 2.05) is 0 Å². The normalized spacial score (nSPS) is 21.2. The van der Waals surface area contributed by atoms with Gasteiger partial charge in [0.1, 0.15) is 17.7 Å². The maximum Gasteiger partial charge on any atom is 0.130 e. The van der Waals surface area contributed by atoms with Gasteiger partial charge in [0.25, 0.3) is 0 Å². The van der Waals surface area contributed by atoms with Gasteiger partial charge in [0, 0.05) is 33.1 Å². The Morgan fingerprint density at radius 2 is 2.00 bits per heavy atom. The first-order valence-corrected chi connectivity index (χ1v) is 7.38. The van der Waals surface area contributed by atoms with Crippen LogP contribution in [0.1, 0.15) is 29.7 Å². The molecule has 20 heavy (non-hydrogen) atoms. The van der Waals surface area contributed by atoms with E-state index in [1.54, 1.807) is 30.3 Å². The number of ether oxygens (including phenoxy) is 1. The van der Waals surface area contributed by atoms with Crippen LogP contribution in [0.5, 0.6) is 5.75 Å². The van der Waals surface area contributed by atoms with Crippen LogP contribution in [0.2, 0.25) is 5.02 Å². The Balaban J connectivity index is 1.99. The van der Waals surface area contributed by atoms with E-state index in [0.717, 1.165) is 10.0 Å². The molecule has 0 aromatic heterocycles. The molecule has 104 valence electrons. The molecule has 0 fully saturated rings. The van der Waals surface area contributed by atoms with Gasteiger partial charge in [0.05, 0.1) is 0 Å². The van der Waals surface area contributed by atoms with Crippen molar-refractivity contribution >= 4 is 27.5 Å². The summed E-state index contributed by atoms with van der Waals surface area (Å²) in [5.74, 6) is 0.375. The molecule has 2 nitrogen and oxygen atoms in total. The van der Waals surface area contributed by atoms with Crippen LogP contribution < -0.4 is 10.5 Å². The van der Waals surface area contributed by atoms with Gasteiger partial charge < -0.3 is 10.5 Å². The van der Waals surface area contributed by atoms with E-state index in [0.29, 0.717) is 22.8 Å². The Labute approximate surface area is 129 Å². The van der Waals surface area contributed by atoms with E-state index in [-0.39, 0.29) is 11.9 Å². The predicted octanol–water partition coefficient (Wildman–Crippen LogP) is 4.77. The highest BCUT2D eigenvalue weighted by Gasteiger charge is 2.29. The van der Waals surface area contributed by atoms with Gasteiger partial charge in [-0.25, -0.2) is 4.39 Å². The van der Waals surface area contributed by atoms with E-state index in [2.05, 4.69) is 15.9 Å². The lowest BCUT2D eigenvalue weighted by atomic mass is 9.93. The van der Waals surface area contributed by atoms with Crippen LogP contribution in [-0.4, -0.2) is 0 Å². The summed E-state index contributed by atoms with van der Waals surface area (Å²) in [5, 5.41) is 0.620. The van der Waals surface area contributed by atoms with Gasteiger partial charge >= 0.3 is 0 Å².